The minimum atomic E-state index is -0.539. The molecule has 0 aliphatic heterocycles. The molecule has 0 amide bonds. The van der Waals surface area contributed by atoms with Gasteiger partial charge in [-0.15, -0.1) is 0 Å². The summed E-state index contributed by atoms with van der Waals surface area (Å²) < 4.78 is 37.2. The second kappa shape index (κ2) is 28.1. The van der Waals surface area contributed by atoms with Crippen molar-refractivity contribution in [3.05, 3.63) is 48.5 Å². The molecule has 0 radical (unpaired) electrons. The zero-order chi connectivity index (χ0) is 38.6. The van der Waals surface area contributed by atoms with E-state index in [1.54, 1.807) is 0 Å². The van der Waals surface area contributed by atoms with Crippen molar-refractivity contribution in [3.63, 3.8) is 0 Å². The molecule has 0 aliphatic rings. The van der Waals surface area contributed by atoms with Crippen molar-refractivity contribution in [3.8, 4) is 11.5 Å². The van der Waals surface area contributed by atoms with Crippen LogP contribution in [0.4, 0.5) is 0 Å². The van der Waals surface area contributed by atoms with Gasteiger partial charge in [0, 0.05) is 47.6 Å². The maximum absolute atomic E-state index is 12.9. The van der Waals surface area contributed by atoms with E-state index >= 15 is 0 Å². The van der Waals surface area contributed by atoms with E-state index in [-0.39, 0.29) is 38.4 Å². The van der Waals surface area contributed by atoms with Crippen molar-refractivity contribution in [1.82, 2.24) is 0 Å². The van der Waals surface area contributed by atoms with Gasteiger partial charge in [-0.1, -0.05) is 153 Å². The van der Waals surface area contributed by atoms with Crippen molar-refractivity contribution in [2.24, 2.45) is 0 Å². The molecule has 0 aliphatic carbocycles. The molecule has 2 unspecified atom stereocenters. The zero-order valence-electron chi connectivity index (χ0n) is 34.0. The normalized spacial score (nSPS) is 12.5. The Bertz CT molecular complexity index is 1290. The monoisotopic (exact) mass is 751 g/mol. The number of ether oxygens (including phenoxy) is 6. The average Bonchev–Trinajstić information content (AvgIpc) is 3.18. The molecule has 0 N–H and O–H groups in total. The van der Waals surface area contributed by atoms with E-state index in [0.29, 0.717) is 37.6 Å². The second-order valence-electron chi connectivity index (χ2n) is 14.5. The summed E-state index contributed by atoms with van der Waals surface area (Å²) in [6.07, 6.45) is 16.7. The van der Waals surface area contributed by atoms with E-state index in [2.05, 4.69) is 27.7 Å². The molecule has 8 nitrogen and oxygen atoms in total. The van der Waals surface area contributed by atoms with Gasteiger partial charge in [0.1, 0.15) is 24.7 Å². The number of fused-ring (bicyclic) bond motifs is 2. The van der Waals surface area contributed by atoms with Crippen LogP contribution in [0.5, 0.6) is 11.5 Å². The summed E-state index contributed by atoms with van der Waals surface area (Å²) in [5, 5.41) is 3.53. The largest absolute Gasteiger partial charge is 0.488 e. The first kappa shape index (κ1) is 45.0. The second-order valence-corrected chi connectivity index (χ2v) is 14.5. The number of esters is 2. The lowest BCUT2D eigenvalue weighted by molar-refractivity contribution is -0.155. The van der Waals surface area contributed by atoms with Gasteiger partial charge in [0.25, 0.3) is 0 Å². The summed E-state index contributed by atoms with van der Waals surface area (Å²) in [6.45, 7) is 10.8. The van der Waals surface area contributed by atoms with Crippen LogP contribution in [0.2, 0.25) is 0 Å². The highest BCUT2D eigenvalue weighted by Gasteiger charge is 2.22. The number of carbonyl (C=O) groups is 2. The lowest BCUT2D eigenvalue weighted by Gasteiger charge is -2.23. The van der Waals surface area contributed by atoms with E-state index in [4.69, 9.17) is 28.4 Å². The third-order valence-electron chi connectivity index (χ3n) is 9.62. The third kappa shape index (κ3) is 17.0. The number of carbonyl (C=O) groups excluding carboxylic acids is 2. The van der Waals surface area contributed by atoms with Gasteiger partial charge in [-0.2, -0.15) is 0 Å². The number of benzene rings is 3. The van der Waals surface area contributed by atoms with Crippen molar-refractivity contribution in [2.45, 2.75) is 155 Å². The van der Waals surface area contributed by atoms with Crippen LogP contribution in [0.25, 0.3) is 21.5 Å². The molecule has 302 valence electrons. The number of rotatable bonds is 32. The topological polar surface area (TPSA) is 89.5 Å². The standard InChI is InChI=1S/C46H70O8/c1-5-9-13-17-29-43(47)53-37(33-49-31-23-15-11-7-3)35-51-45-39-25-19-21-27-41(39)46(42-28-22-20-26-40(42)45)52-36-38(34-50-32-24-16-12-8-4)54-44(48)30-18-14-10-6-2/h19-22,25-28,37-38H,5-18,23-24,29-36H2,1-4H3. The molecule has 0 fully saturated rings. The fourth-order valence-electron chi connectivity index (χ4n) is 6.52. The van der Waals surface area contributed by atoms with Crippen molar-refractivity contribution in [2.75, 3.05) is 39.6 Å². The SMILES string of the molecule is CCCCCCOCC(COc1c2ccccc2c(OCC(COCCCCCC)OC(=O)CCCCCC)c2ccccc12)OC(=O)CCCCCC. The van der Waals surface area contributed by atoms with Gasteiger partial charge in [0.15, 0.2) is 12.2 Å². The molecule has 54 heavy (non-hydrogen) atoms. The Balaban J connectivity index is 1.81. The van der Waals surface area contributed by atoms with Crippen LogP contribution < -0.4 is 9.47 Å². The van der Waals surface area contributed by atoms with Crippen LogP contribution in [0.3, 0.4) is 0 Å². The Hall–Kier alpha value is -3.36. The molecule has 0 saturated carbocycles. The van der Waals surface area contributed by atoms with E-state index in [1.807, 2.05) is 48.5 Å². The molecule has 0 heterocycles. The number of hydrogen-bond donors (Lipinski definition) is 0. The summed E-state index contributed by atoms with van der Waals surface area (Å²) in [5.74, 6) is 0.972. The number of unbranched alkanes of at least 4 members (excludes halogenated alkanes) is 12. The minimum Gasteiger partial charge on any atom is -0.488 e. The lowest BCUT2D eigenvalue weighted by atomic mass is 10.0. The third-order valence-corrected chi connectivity index (χ3v) is 9.62. The first-order valence-electron chi connectivity index (χ1n) is 21.3. The smallest absolute Gasteiger partial charge is 0.306 e. The highest BCUT2D eigenvalue weighted by atomic mass is 16.6. The fraction of sp³-hybridized carbons (Fsp3) is 0.652. The predicted molar refractivity (Wildman–Crippen MR) is 220 cm³/mol. The minimum absolute atomic E-state index is 0.162. The molecule has 0 saturated heterocycles. The molecule has 3 aromatic rings. The summed E-state index contributed by atoms with van der Waals surface area (Å²) >= 11 is 0. The van der Waals surface area contributed by atoms with E-state index in [0.717, 1.165) is 98.6 Å². The van der Waals surface area contributed by atoms with Gasteiger partial charge in [-0.05, 0) is 25.7 Å². The van der Waals surface area contributed by atoms with Gasteiger partial charge in [0.05, 0.1) is 13.2 Å². The molecule has 0 aromatic heterocycles. The Morgan fingerprint density at radius 3 is 1.11 bits per heavy atom. The van der Waals surface area contributed by atoms with E-state index < -0.39 is 12.2 Å². The van der Waals surface area contributed by atoms with Crippen LogP contribution in [0.15, 0.2) is 48.5 Å². The highest BCUT2D eigenvalue weighted by molar-refractivity contribution is 6.11. The van der Waals surface area contributed by atoms with Gasteiger partial charge in [-0.25, -0.2) is 0 Å². The van der Waals surface area contributed by atoms with Crippen molar-refractivity contribution < 1.29 is 38.0 Å². The van der Waals surface area contributed by atoms with Crippen LogP contribution in [0, 0.1) is 0 Å². The first-order valence-corrected chi connectivity index (χ1v) is 21.3. The van der Waals surface area contributed by atoms with Crippen LogP contribution >= 0.6 is 0 Å². The maximum atomic E-state index is 12.9. The highest BCUT2D eigenvalue weighted by Crippen LogP contribution is 2.43. The first-order chi connectivity index (χ1) is 26.5. The summed E-state index contributed by atoms with van der Waals surface area (Å²) in [4.78, 5) is 25.8. The molecular weight excluding hydrogens is 680 g/mol. The molecule has 0 bridgehead atoms. The molecule has 2 atom stereocenters. The molecule has 8 heteroatoms. The van der Waals surface area contributed by atoms with Gasteiger partial charge < -0.3 is 28.4 Å². The van der Waals surface area contributed by atoms with E-state index in [1.165, 1.54) is 25.7 Å². The Morgan fingerprint density at radius 1 is 0.444 bits per heavy atom. The summed E-state index contributed by atoms with van der Waals surface area (Å²) in [5.41, 5.74) is 0. The van der Waals surface area contributed by atoms with Crippen molar-refractivity contribution in [1.29, 1.82) is 0 Å². The van der Waals surface area contributed by atoms with Gasteiger partial charge in [0.2, 0.25) is 0 Å². The van der Waals surface area contributed by atoms with Crippen LogP contribution in [-0.4, -0.2) is 63.8 Å². The van der Waals surface area contributed by atoms with Gasteiger partial charge >= 0.3 is 11.9 Å². The van der Waals surface area contributed by atoms with E-state index in [9.17, 15) is 9.59 Å². The Kier molecular flexibility index (Phi) is 23.4. The molecular formula is C46H70O8. The number of hydrogen-bond acceptors (Lipinski definition) is 8. The Labute approximate surface area is 325 Å². The van der Waals surface area contributed by atoms with Crippen LogP contribution in [-0.2, 0) is 28.5 Å². The predicted octanol–water partition coefficient (Wildman–Crippen LogP) is 11.7. The summed E-state index contributed by atoms with van der Waals surface area (Å²) in [7, 11) is 0. The zero-order valence-corrected chi connectivity index (χ0v) is 34.0. The van der Waals surface area contributed by atoms with Gasteiger partial charge in [-0.3, -0.25) is 9.59 Å². The quantitative estimate of drug-likeness (QED) is 0.0354. The average molecular weight is 751 g/mol. The lowest BCUT2D eigenvalue weighted by Crippen LogP contribution is -2.30. The molecule has 0 spiro atoms. The van der Waals surface area contributed by atoms with Crippen LogP contribution in [0.1, 0.15) is 143 Å². The Morgan fingerprint density at radius 2 is 0.778 bits per heavy atom. The fourth-order valence-corrected chi connectivity index (χ4v) is 6.52. The summed E-state index contributed by atoms with van der Waals surface area (Å²) in [6, 6.07) is 16.0. The maximum Gasteiger partial charge on any atom is 0.306 e. The molecule has 3 rings (SSSR count). The molecule has 3 aromatic carbocycles. The van der Waals surface area contributed by atoms with Crippen molar-refractivity contribution >= 4 is 33.5 Å².